The lowest BCUT2D eigenvalue weighted by atomic mass is 10.2. The van der Waals surface area contributed by atoms with Gasteiger partial charge in [0, 0.05) is 31.2 Å². The maximum atomic E-state index is 12.6. The molecule has 1 N–H and O–H groups in total. The summed E-state index contributed by atoms with van der Waals surface area (Å²) in [6.45, 7) is 0. The zero-order valence-electron chi connectivity index (χ0n) is 13.0. The van der Waals surface area contributed by atoms with Crippen LogP contribution in [0, 0.1) is 0 Å². The van der Waals surface area contributed by atoms with Gasteiger partial charge in [0.25, 0.3) is 10.0 Å². The molecule has 126 valence electrons. The molecule has 0 unspecified atom stereocenters. The third-order valence-corrected chi connectivity index (χ3v) is 5.62. The first-order valence-corrected chi connectivity index (χ1v) is 9.56. The Hall–Kier alpha value is -2.85. The molecule has 0 saturated heterocycles. The highest BCUT2D eigenvalue weighted by molar-refractivity contribution is 7.92. The largest absolute Gasteiger partial charge is 0.275 e. The van der Waals surface area contributed by atoms with Crippen molar-refractivity contribution in [2.75, 3.05) is 4.72 Å². The van der Waals surface area contributed by atoms with E-state index in [4.69, 9.17) is 0 Å². The van der Waals surface area contributed by atoms with Crippen molar-refractivity contribution < 1.29 is 8.42 Å². The Morgan fingerprint density at radius 2 is 2.08 bits per heavy atom. The molecule has 4 heterocycles. The number of sulfonamides is 1. The van der Waals surface area contributed by atoms with Gasteiger partial charge in [0.05, 0.1) is 22.1 Å². The first-order valence-electron chi connectivity index (χ1n) is 7.19. The number of thiophene rings is 1. The highest BCUT2D eigenvalue weighted by Crippen LogP contribution is 2.23. The number of rotatable bonds is 4. The summed E-state index contributed by atoms with van der Waals surface area (Å²) in [5.41, 5.74) is 2.11. The van der Waals surface area contributed by atoms with E-state index in [1.54, 1.807) is 36.3 Å². The van der Waals surface area contributed by atoms with Crippen LogP contribution in [0.5, 0.6) is 0 Å². The summed E-state index contributed by atoms with van der Waals surface area (Å²) in [6, 6.07) is 5.11. The molecule has 0 fully saturated rings. The molecule has 0 amide bonds. The topological polar surface area (TPSA) is 103 Å². The third kappa shape index (κ3) is 3.08. The van der Waals surface area contributed by atoms with Crippen LogP contribution in [0.1, 0.15) is 0 Å². The van der Waals surface area contributed by atoms with Crippen LogP contribution in [0.15, 0.2) is 53.3 Å². The predicted octanol–water partition coefficient (Wildman–Crippen LogP) is 2.29. The second-order valence-corrected chi connectivity index (χ2v) is 7.88. The molecule has 10 heteroatoms. The standard InChI is InChI=1S/C15H12N6O2S2/c1-21-9-10(7-18-21)12-2-4-16-15(19-12)20-25(22,23)11-6-14-13(17-8-11)3-5-24-14/h2-9H,1H3,(H,16,19,20). The molecule has 4 aromatic rings. The number of anilines is 1. The molecular weight excluding hydrogens is 360 g/mol. The fraction of sp³-hybridized carbons (Fsp3) is 0.0667. The minimum atomic E-state index is -3.83. The lowest BCUT2D eigenvalue weighted by molar-refractivity contribution is 0.600. The average molecular weight is 372 g/mol. The number of aryl methyl sites for hydroxylation is 1. The fourth-order valence-corrected chi connectivity index (χ4v) is 4.05. The lowest BCUT2D eigenvalue weighted by Gasteiger charge is -2.07. The van der Waals surface area contributed by atoms with Crippen LogP contribution in [0.4, 0.5) is 5.95 Å². The van der Waals surface area contributed by atoms with Crippen LogP contribution in [-0.2, 0) is 17.1 Å². The van der Waals surface area contributed by atoms with E-state index in [1.807, 2.05) is 11.4 Å². The van der Waals surface area contributed by atoms with E-state index in [0.29, 0.717) is 5.69 Å². The van der Waals surface area contributed by atoms with Gasteiger partial charge in [-0.05, 0) is 23.6 Å². The van der Waals surface area contributed by atoms with Crippen molar-refractivity contribution in [2.24, 2.45) is 7.05 Å². The van der Waals surface area contributed by atoms with Crippen LogP contribution >= 0.6 is 11.3 Å². The smallest absolute Gasteiger partial charge is 0.265 e. The van der Waals surface area contributed by atoms with Gasteiger partial charge in [-0.3, -0.25) is 9.67 Å². The van der Waals surface area contributed by atoms with Crippen molar-refractivity contribution in [3.05, 3.63) is 48.4 Å². The number of fused-ring (bicyclic) bond motifs is 1. The zero-order valence-corrected chi connectivity index (χ0v) is 14.6. The van der Waals surface area contributed by atoms with E-state index in [1.165, 1.54) is 23.7 Å². The number of pyridine rings is 1. The van der Waals surface area contributed by atoms with Crippen molar-refractivity contribution in [1.29, 1.82) is 0 Å². The molecule has 0 bridgehead atoms. The van der Waals surface area contributed by atoms with Crippen LogP contribution < -0.4 is 4.72 Å². The Bertz CT molecular complexity index is 1170. The van der Waals surface area contributed by atoms with E-state index in [9.17, 15) is 8.42 Å². The molecule has 0 spiro atoms. The van der Waals surface area contributed by atoms with Crippen molar-refractivity contribution in [2.45, 2.75) is 4.90 Å². The molecule has 4 rings (SSSR count). The van der Waals surface area contributed by atoms with Gasteiger partial charge in [0.15, 0.2) is 0 Å². The van der Waals surface area contributed by atoms with Crippen molar-refractivity contribution in [3.8, 4) is 11.3 Å². The Kier molecular flexibility index (Phi) is 3.70. The highest BCUT2D eigenvalue weighted by atomic mass is 32.2. The van der Waals surface area contributed by atoms with Crippen molar-refractivity contribution in [1.82, 2.24) is 24.7 Å². The normalized spacial score (nSPS) is 11.7. The monoisotopic (exact) mass is 372 g/mol. The van der Waals surface area contributed by atoms with Gasteiger partial charge in [-0.25, -0.2) is 23.1 Å². The summed E-state index contributed by atoms with van der Waals surface area (Å²) in [5, 5.41) is 5.94. The van der Waals surface area contributed by atoms with E-state index < -0.39 is 10.0 Å². The molecule has 0 aliphatic carbocycles. The molecule has 0 radical (unpaired) electrons. The van der Waals surface area contributed by atoms with E-state index in [-0.39, 0.29) is 10.8 Å². The molecule has 0 aliphatic heterocycles. The third-order valence-electron chi connectivity index (χ3n) is 3.47. The van der Waals surface area contributed by atoms with Gasteiger partial charge in [-0.1, -0.05) is 0 Å². The highest BCUT2D eigenvalue weighted by Gasteiger charge is 2.17. The number of hydrogen-bond acceptors (Lipinski definition) is 7. The summed E-state index contributed by atoms with van der Waals surface area (Å²) in [6.07, 6.45) is 6.25. The molecule has 8 nitrogen and oxygen atoms in total. The van der Waals surface area contributed by atoms with E-state index >= 15 is 0 Å². The Morgan fingerprint density at radius 1 is 1.20 bits per heavy atom. The molecule has 0 atom stereocenters. The maximum Gasteiger partial charge on any atom is 0.265 e. The van der Waals surface area contributed by atoms with Gasteiger partial charge in [0.2, 0.25) is 5.95 Å². The van der Waals surface area contributed by atoms with Gasteiger partial charge in [-0.2, -0.15) is 5.10 Å². The molecule has 0 aromatic carbocycles. The molecule has 25 heavy (non-hydrogen) atoms. The van der Waals surface area contributed by atoms with E-state index in [2.05, 4.69) is 24.8 Å². The summed E-state index contributed by atoms with van der Waals surface area (Å²) < 4.78 is 30.0. The maximum absolute atomic E-state index is 12.6. The lowest BCUT2D eigenvalue weighted by Crippen LogP contribution is -2.15. The zero-order chi connectivity index (χ0) is 17.4. The Morgan fingerprint density at radius 3 is 2.88 bits per heavy atom. The summed E-state index contributed by atoms with van der Waals surface area (Å²) in [5.74, 6) is -0.00682. The minimum Gasteiger partial charge on any atom is -0.275 e. The first-order chi connectivity index (χ1) is 12.0. The van der Waals surface area contributed by atoms with Crippen LogP contribution in [-0.4, -0.2) is 33.2 Å². The fourth-order valence-electron chi connectivity index (χ4n) is 2.28. The predicted molar refractivity (Wildman–Crippen MR) is 94.7 cm³/mol. The number of aromatic nitrogens is 5. The van der Waals surface area contributed by atoms with Gasteiger partial charge in [0.1, 0.15) is 4.90 Å². The minimum absolute atomic E-state index is 0.00682. The number of nitrogens with one attached hydrogen (secondary N) is 1. The van der Waals surface area contributed by atoms with Crippen LogP contribution in [0.3, 0.4) is 0 Å². The summed E-state index contributed by atoms with van der Waals surface area (Å²) in [4.78, 5) is 12.5. The van der Waals surface area contributed by atoms with Crippen molar-refractivity contribution in [3.63, 3.8) is 0 Å². The molecule has 4 aromatic heterocycles. The van der Waals surface area contributed by atoms with Gasteiger partial charge >= 0.3 is 0 Å². The number of hydrogen-bond donors (Lipinski definition) is 1. The summed E-state index contributed by atoms with van der Waals surface area (Å²) in [7, 11) is -2.03. The van der Waals surface area contributed by atoms with Crippen LogP contribution in [0.25, 0.3) is 21.5 Å². The Labute approximate surface area is 147 Å². The summed E-state index contributed by atoms with van der Waals surface area (Å²) >= 11 is 1.43. The quantitative estimate of drug-likeness (QED) is 0.590. The van der Waals surface area contributed by atoms with E-state index in [0.717, 1.165) is 15.8 Å². The number of nitrogens with zero attached hydrogens (tertiary/aromatic N) is 5. The van der Waals surface area contributed by atoms with Gasteiger partial charge in [-0.15, -0.1) is 11.3 Å². The SMILES string of the molecule is Cn1cc(-c2ccnc(NS(=O)(=O)c3cnc4ccsc4c3)n2)cn1. The van der Waals surface area contributed by atoms with Gasteiger partial charge < -0.3 is 0 Å². The Balaban J connectivity index is 1.66. The first kappa shape index (κ1) is 15.7. The average Bonchev–Trinajstić information content (AvgIpc) is 3.22. The second-order valence-electron chi connectivity index (χ2n) is 5.25. The molecule has 0 saturated carbocycles. The van der Waals surface area contributed by atoms with Crippen LogP contribution in [0.2, 0.25) is 0 Å². The molecule has 0 aliphatic rings. The second kappa shape index (κ2) is 5.90. The van der Waals surface area contributed by atoms with Crippen molar-refractivity contribution >= 4 is 37.5 Å². The molecular formula is C15H12N6O2S2.